The Morgan fingerprint density at radius 3 is 2.40 bits per heavy atom. The Balaban J connectivity index is 1.29. The third kappa shape index (κ3) is 4.56. The number of ether oxygens (including phenoxy) is 1. The van der Waals surface area contributed by atoms with Crippen molar-refractivity contribution in [3.8, 4) is 33.9 Å². The Kier molecular flexibility index (Phi) is 6.21. The third-order valence-corrected chi connectivity index (χ3v) is 9.33. The summed E-state index contributed by atoms with van der Waals surface area (Å²) in [5, 5.41) is 7.09. The lowest BCUT2D eigenvalue weighted by atomic mass is 9.73. The fourth-order valence-electron chi connectivity index (χ4n) is 6.06. The summed E-state index contributed by atoms with van der Waals surface area (Å²) in [6.07, 6.45) is 1.90. The Morgan fingerprint density at radius 2 is 1.55 bits per heavy atom. The molecule has 0 atom stereocenters. The monoisotopic (exact) mass is 566 g/mol. The van der Waals surface area contributed by atoms with Crippen LogP contribution in [0.25, 0.3) is 32.5 Å². The van der Waals surface area contributed by atoms with E-state index < -0.39 is 0 Å². The Morgan fingerprint density at radius 1 is 0.762 bits per heavy atom. The zero-order valence-electron chi connectivity index (χ0n) is 24.7. The summed E-state index contributed by atoms with van der Waals surface area (Å²) in [4.78, 5) is 4.79. The highest BCUT2D eigenvalue weighted by Gasteiger charge is 2.33. The second-order valence-corrected chi connectivity index (χ2v) is 13.6. The molecule has 0 unspecified atom stereocenters. The van der Waals surface area contributed by atoms with E-state index in [1.807, 2.05) is 12.3 Å². The van der Waals surface area contributed by atoms with Crippen LogP contribution in [0.4, 0.5) is 11.4 Å². The smallest absolute Gasteiger partial charge is 0.128 e. The topological polar surface area (TPSA) is 34.1 Å². The van der Waals surface area contributed by atoms with Crippen LogP contribution in [0.3, 0.4) is 0 Å². The lowest BCUT2D eigenvalue weighted by Crippen LogP contribution is -2.26. The number of thiophene rings is 1. The van der Waals surface area contributed by atoms with Crippen molar-refractivity contribution in [2.75, 3.05) is 5.32 Å². The van der Waals surface area contributed by atoms with Gasteiger partial charge in [-0.2, -0.15) is 0 Å². The van der Waals surface area contributed by atoms with Crippen molar-refractivity contribution in [2.24, 2.45) is 0 Å². The minimum absolute atomic E-state index is 0.0445. The Bertz CT molecular complexity index is 1960. The number of fused-ring (bicyclic) bond motifs is 3. The first-order valence-corrected chi connectivity index (χ1v) is 15.3. The minimum Gasteiger partial charge on any atom is -0.457 e. The van der Waals surface area contributed by atoms with Gasteiger partial charge in [0.05, 0.1) is 16.1 Å². The van der Waals surface area contributed by atoms with Crippen molar-refractivity contribution < 1.29 is 4.74 Å². The number of hydrogen-bond donors (Lipinski definition) is 1. The van der Waals surface area contributed by atoms with Crippen molar-refractivity contribution in [1.82, 2.24) is 4.98 Å². The quantitative estimate of drug-likeness (QED) is 0.230. The first-order chi connectivity index (χ1) is 20.2. The van der Waals surface area contributed by atoms with Crippen LogP contribution < -0.4 is 10.1 Å². The van der Waals surface area contributed by atoms with E-state index in [0.717, 1.165) is 39.7 Å². The largest absolute Gasteiger partial charge is 0.457 e. The Hall–Kier alpha value is -4.41. The minimum atomic E-state index is -0.107. The van der Waals surface area contributed by atoms with E-state index in [-0.39, 0.29) is 10.8 Å². The molecule has 7 rings (SSSR count). The fourth-order valence-corrected chi connectivity index (χ4v) is 6.96. The standard InChI is InChI=1S/C38H34N2OS/c1-37(2,3)27-20-26(34-36-24(16-18-39-34)17-19-42-36)22-29(23-27)41-28-11-8-10-25(21-28)30-12-9-14-32-35(30)40-33-15-7-6-13-31(33)38(32,4)5/h6-23,40H,1-5H3. The number of para-hydroxylation sites is 2. The van der Waals surface area contributed by atoms with Gasteiger partial charge in [-0.05, 0) is 87.0 Å². The first-order valence-electron chi connectivity index (χ1n) is 14.4. The highest BCUT2D eigenvalue weighted by Crippen LogP contribution is 2.49. The first kappa shape index (κ1) is 26.5. The normalized spacial score (nSPS) is 13.7. The molecule has 4 aromatic carbocycles. The van der Waals surface area contributed by atoms with E-state index in [1.165, 1.54) is 32.3 Å². The van der Waals surface area contributed by atoms with Gasteiger partial charge >= 0.3 is 0 Å². The molecule has 0 amide bonds. The van der Waals surface area contributed by atoms with Gasteiger partial charge in [-0.3, -0.25) is 4.98 Å². The summed E-state index contributed by atoms with van der Waals surface area (Å²) in [7, 11) is 0. The molecule has 0 saturated heterocycles. The average Bonchev–Trinajstić information content (AvgIpc) is 3.46. The number of rotatable bonds is 4. The van der Waals surface area contributed by atoms with Crippen LogP contribution in [0.2, 0.25) is 0 Å². The molecular formula is C38H34N2OS. The van der Waals surface area contributed by atoms with E-state index in [4.69, 9.17) is 9.72 Å². The van der Waals surface area contributed by atoms with Gasteiger partial charge < -0.3 is 10.1 Å². The molecule has 0 aliphatic carbocycles. The molecule has 42 heavy (non-hydrogen) atoms. The molecule has 6 aromatic rings. The number of nitrogens with zero attached hydrogens (tertiary/aromatic N) is 1. The lowest BCUT2D eigenvalue weighted by molar-refractivity contribution is 0.479. The fraction of sp³-hybridized carbons (Fsp3) is 0.184. The molecule has 3 nitrogen and oxygen atoms in total. The van der Waals surface area contributed by atoms with E-state index in [2.05, 4.69) is 136 Å². The third-order valence-electron chi connectivity index (χ3n) is 8.39. The van der Waals surface area contributed by atoms with Crippen molar-refractivity contribution in [1.29, 1.82) is 0 Å². The zero-order valence-corrected chi connectivity index (χ0v) is 25.5. The summed E-state index contributed by atoms with van der Waals surface area (Å²) < 4.78 is 7.83. The van der Waals surface area contributed by atoms with Gasteiger partial charge in [-0.25, -0.2) is 0 Å². The van der Waals surface area contributed by atoms with Crippen LogP contribution >= 0.6 is 11.3 Å². The van der Waals surface area contributed by atoms with Crippen LogP contribution in [0.15, 0.2) is 109 Å². The summed E-state index contributed by atoms with van der Waals surface area (Å²) in [5.41, 5.74) is 10.3. The van der Waals surface area contributed by atoms with Crippen LogP contribution in [0.1, 0.15) is 51.3 Å². The maximum atomic E-state index is 6.63. The molecule has 2 aromatic heterocycles. The highest BCUT2D eigenvalue weighted by atomic mass is 32.1. The highest BCUT2D eigenvalue weighted by molar-refractivity contribution is 7.17. The summed E-state index contributed by atoms with van der Waals surface area (Å²) in [6.45, 7) is 11.3. The van der Waals surface area contributed by atoms with E-state index in [9.17, 15) is 0 Å². The summed E-state index contributed by atoms with van der Waals surface area (Å²) in [6, 6.07) is 34.4. The molecule has 1 aliphatic rings. The number of anilines is 2. The number of aromatic nitrogens is 1. The van der Waals surface area contributed by atoms with Gasteiger partial charge in [0.2, 0.25) is 0 Å². The van der Waals surface area contributed by atoms with Gasteiger partial charge in [0.25, 0.3) is 0 Å². The number of nitrogens with one attached hydrogen (secondary N) is 1. The van der Waals surface area contributed by atoms with E-state index in [0.29, 0.717) is 0 Å². The number of hydrogen-bond acceptors (Lipinski definition) is 4. The lowest BCUT2D eigenvalue weighted by Gasteiger charge is -2.36. The predicted octanol–water partition coefficient (Wildman–Crippen LogP) is 11.1. The molecular weight excluding hydrogens is 532 g/mol. The Labute approximate surface area is 251 Å². The second kappa shape index (κ2) is 9.85. The summed E-state index contributed by atoms with van der Waals surface area (Å²) in [5.74, 6) is 1.62. The molecule has 0 fully saturated rings. The predicted molar refractivity (Wildman–Crippen MR) is 178 cm³/mol. The van der Waals surface area contributed by atoms with Crippen LogP contribution in [-0.2, 0) is 10.8 Å². The molecule has 4 heteroatoms. The second-order valence-electron chi connectivity index (χ2n) is 12.6. The number of benzene rings is 4. The summed E-state index contributed by atoms with van der Waals surface area (Å²) >= 11 is 1.73. The van der Waals surface area contributed by atoms with E-state index in [1.54, 1.807) is 11.3 Å². The van der Waals surface area contributed by atoms with Crippen molar-refractivity contribution >= 4 is 32.8 Å². The maximum Gasteiger partial charge on any atom is 0.128 e. The molecule has 0 radical (unpaired) electrons. The van der Waals surface area contributed by atoms with Crippen LogP contribution in [0, 0.1) is 0 Å². The van der Waals surface area contributed by atoms with Gasteiger partial charge in [-0.15, -0.1) is 11.3 Å². The van der Waals surface area contributed by atoms with Gasteiger partial charge in [-0.1, -0.05) is 83.1 Å². The van der Waals surface area contributed by atoms with Crippen molar-refractivity contribution in [3.63, 3.8) is 0 Å². The molecule has 3 heterocycles. The van der Waals surface area contributed by atoms with Crippen LogP contribution in [-0.4, -0.2) is 4.98 Å². The molecule has 0 bridgehead atoms. The van der Waals surface area contributed by atoms with Crippen molar-refractivity contribution in [2.45, 2.75) is 45.4 Å². The molecule has 0 saturated carbocycles. The maximum absolute atomic E-state index is 6.63. The zero-order chi connectivity index (χ0) is 29.1. The molecule has 208 valence electrons. The SMILES string of the molecule is CC(C)(C)c1cc(Oc2cccc(-c3cccc4c3Nc3ccccc3C4(C)C)c2)cc(-c2nccc3ccsc23)c1. The van der Waals surface area contributed by atoms with Gasteiger partial charge in [0, 0.05) is 28.4 Å². The molecule has 0 spiro atoms. The van der Waals surface area contributed by atoms with Crippen molar-refractivity contribution in [3.05, 3.63) is 125 Å². The molecule has 1 N–H and O–H groups in total. The van der Waals surface area contributed by atoms with Gasteiger partial charge in [0.15, 0.2) is 0 Å². The number of pyridine rings is 1. The average molecular weight is 567 g/mol. The molecule has 1 aliphatic heterocycles. The van der Waals surface area contributed by atoms with Gasteiger partial charge in [0.1, 0.15) is 11.5 Å². The van der Waals surface area contributed by atoms with E-state index >= 15 is 0 Å². The van der Waals surface area contributed by atoms with Crippen LogP contribution in [0.5, 0.6) is 11.5 Å².